The molecule has 0 saturated heterocycles. The molecule has 1 fully saturated rings. The summed E-state index contributed by atoms with van der Waals surface area (Å²) in [5.74, 6) is 1.88. The fourth-order valence-electron chi connectivity index (χ4n) is 4.61. The minimum atomic E-state index is -0.123. The van der Waals surface area contributed by atoms with Gasteiger partial charge in [-0.1, -0.05) is 45.7 Å². The molecule has 8 heteroatoms. The maximum Gasteiger partial charge on any atom is 0.258 e. The van der Waals surface area contributed by atoms with E-state index in [1.54, 1.807) is 12.1 Å². The maximum atomic E-state index is 12.6. The smallest absolute Gasteiger partial charge is 0.258 e. The minimum absolute atomic E-state index is 0.0911. The van der Waals surface area contributed by atoms with Crippen LogP contribution < -0.4 is 11.1 Å². The van der Waals surface area contributed by atoms with Gasteiger partial charge in [0.05, 0.1) is 21.8 Å². The summed E-state index contributed by atoms with van der Waals surface area (Å²) < 4.78 is 1.71. The summed E-state index contributed by atoms with van der Waals surface area (Å²) in [5.41, 5.74) is 1.07. The van der Waals surface area contributed by atoms with Gasteiger partial charge in [0.1, 0.15) is 11.6 Å². The average molecular weight is 544 g/mol. The lowest BCUT2D eigenvalue weighted by molar-refractivity contribution is 0.0272. The zero-order valence-electron chi connectivity index (χ0n) is 17.0. The highest BCUT2D eigenvalue weighted by atomic mass is 79.9. The van der Waals surface area contributed by atoms with Crippen LogP contribution in [0.5, 0.6) is 0 Å². The third-order valence-corrected chi connectivity index (χ3v) is 7.63. The lowest BCUT2D eigenvalue weighted by Crippen LogP contribution is -2.45. The van der Waals surface area contributed by atoms with Gasteiger partial charge in [0.15, 0.2) is 0 Å². The highest BCUT2D eigenvalue weighted by Crippen LogP contribution is 2.56. The molecule has 2 unspecified atom stereocenters. The van der Waals surface area contributed by atoms with Crippen molar-refractivity contribution in [3.63, 3.8) is 0 Å². The molecule has 0 amide bonds. The zero-order chi connectivity index (χ0) is 21.9. The molecule has 2 aromatic carbocycles. The Kier molecular flexibility index (Phi) is 4.90. The monoisotopic (exact) mass is 542 g/mol. The van der Waals surface area contributed by atoms with E-state index < -0.39 is 0 Å². The number of nitrogens with zero attached hydrogens (tertiary/aromatic N) is 2. The van der Waals surface area contributed by atoms with Gasteiger partial charge in [-0.25, -0.2) is 9.97 Å². The SMILES string of the molecule is CC1(C)C(Cc2nc3ccc(Br)cc3c(=O)[nH]2)CC1c1nc2ccc(Br)cc2c(=O)[nH]1. The minimum Gasteiger partial charge on any atom is -0.310 e. The third kappa shape index (κ3) is 3.55. The number of H-pyrrole nitrogens is 2. The number of fused-ring (bicyclic) bond motifs is 2. The second kappa shape index (κ2) is 7.38. The van der Waals surface area contributed by atoms with Crippen LogP contribution in [-0.2, 0) is 6.42 Å². The van der Waals surface area contributed by atoms with Gasteiger partial charge in [-0.2, -0.15) is 0 Å². The van der Waals surface area contributed by atoms with Crippen molar-refractivity contribution in [2.75, 3.05) is 0 Å². The number of aromatic nitrogens is 4. The van der Waals surface area contributed by atoms with Gasteiger partial charge >= 0.3 is 0 Å². The first kappa shape index (κ1) is 20.6. The molecular formula is C23H20Br2N4O2. The van der Waals surface area contributed by atoms with Crippen molar-refractivity contribution < 1.29 is 0 Å². The van der Waals surface area contributed by atoms with E-state index in [0.717, 1.165) is 21.2 Å². The molecule has 5 rings (SSSR count). The zero-order valence-corrected chi connectivity index (χ0v) is 20.2. The predicted molar refractivity (Wildman–Crippen MR) is 128 cm³/mol. The van der Waals surface area contributed by atoms with Crippen molar-refractivity contribution in [2.24, 2.45) is 11.3 Å². The van der Waals surface area contributed by atoms with Crippen LogP contribution >= 0.6 is 31.9 Å². The number of rotatable bonds is 3. The second-order valence-corrected chi connectivity index (χ2v) is 10.6. The predicted octanol–water partition coefficient (Wildman–Crippen LogP) is 5.06. The van der Waals surface area contributed by atoms with Crippen LogP contribution in [0, 0.1) is 11.3 Å². The number of aromatic amines is 2. The van der Waals surface area contributed by atoms with E-state index in [0.29, 0.717) is 40.0 Å². The summed E-state index contributed by atoms with van der Waals surface area (Å²) in [5, 5.41) is 1.16. The summed E-state index contributed by atoms with van der Waals surface area (Å²) in [6.07, 6.45) is 1.55. The highest BCUT2D eigenvalue weighted by Gasteiger charge is 2.50. The molecule has 6 nitrogen and oxygen atoms in total. The van der Waals surface area contributed by atoms with Gasteiger partial charge in [-0.15, -0.1) is 0 Å². The standard InChI is InChI=1S/C23H20Br2N4O2/c1-23(2)11(8-19-26-17-5-3-12(24)9-14(17)21(30)28-19)7-16(23)20-27-18-6-4-13(25)10-15(18)22(31)29-20/h3-6,9-11,16H,7-8H2,1-2H3,(H,26,28,30)(H,27,29,31). The van der Waals surface area contributed by atoms with E-state index >= 15 is 0 Å². The fraction of sp³-hybridized carbons (Fsp3) is 0.304. The van der Waals surface area contributed by atoms with Crippen LogP contribution in [0.15, 0.2) is 54.9 Å². The summed E-state index contributed by atoms with van der Waals surface area (Å²) in [6.45, 7) is 4.38. The van der Waals surface area contributed by atoms with Crippen LogP contribution in [0.4, 0.5) is 0 Å². The van der Waals surface area contributed by atoms with E-state index in [1.165, 1.54) is 0 Å². The quantitative estimate of drug-likeness (QED) is 0.378. The Balaban J connectivity index is 1.42. The first-order chi connectivity index (χ1) is 14.7. The van der Waals surface area contributed by atoms with Gasteiger partial charge < -0.3 is 9.97 Å². The van der Waals surface area contributed by atoms with Crippen LogP contribution in [0.1, 0.15) is 37.8 Å². The molecule has 2 heterocycles. The molecule has 0 spiro atoms. The highest BCUT2D eigenvalue weighted by molar-refractivity contribution is 9.10. The van der Waals surface area contributed by atoms with Gasteiger partial charge in [0.2, 0.25) is 0 Å². The lowest BCUT2D eigenvalue weighted by Gasteiger charge is -2.51. The van der Waals surface area contributed by atoms with E-state index in [9.17, 15) is 9.59 Å². The van der Waals surface area contributed by atoms with Crippen molar-refractivity contribution in [3.8, 4) is 0 Å². The van der Waals surface area contributed by atoms with E-state index in [-0.39, 0.29) is 22.5 Å². The molecule has 2 aromatic heterocycles. The van der Waals surface area contributed by atoms with Crippen LogP contribution in [0.2, 0.25) is 0 Å². The molecule has 1 aliphatic carbocycles. The summed E-state index contributed by atoms with van der Waals surface area (Å²) in [4.78, 5) is 40.5. The Morgan fingerprint density at radius 1 is 0.935 bits per heavy atom. The Morgan fingerprint density at radius 3 is 2.13 bits per heavy atom. The Hall–Kier alpha value is -2.32. The molecule has 0 radical (unpaired) electrons. The average Bonchev–Trinajstić information content (AvgIpc) is 2.72. The van der Waals surface area contributed by atoms with Gasteiger partial charge in [0.25, 0.3) is 11.1 Å². The molecule has 31 heavy (non-hydrogen) atoms. The summed E-state index contributed by atoms with van der Waals surface area (Å²) in [7, 11) is 0. The van der Waals surface area contributed by atoms with Crippen molar-refractivity contribution in [1.82, 2.24) is 19.9 Å². The molecule has 0 bridgehead atoms. The maximum absolute atomic E-state index is 12.6. The Labute approximate surface area is 194 Å². The van der Waals surface area contributed by atoms with E-state index in [1.807, 2.05) is 24.3 Å². The van der Waals surface area contributed by atoms with E-state index in [2.05, 4.69) is 60.7 Å². The number of nitrogens with one attached hydrogen (secondary N) is 2. The number of halogens is 2. The largest absolute Gasteiger partial charge is 0.310 e. The van der Waals surface area contributed by atoms with Crippen molar-refractivity contribution >= 4 is 53.7 Å². The number of benzene rings is 2. The molecule has 1 saturated carbocycles. The van der Waals surface area contributed by atoms with E-state index in [4.69, 9.17) is 4.98 Å². The number of hydrogen-bond acceptors (Lipinski definition) is 4. The normalized spacial score (nSPS) is 20.1. The first-order valence-electron chi connectivity index (χ1n) is 10.1. The molecule has 2 atom stereocenters. The van der Waals surface area contributed by atoms with Crippen LogP contribution in [0.25, 0.3) is 21.8 Å². The lowest BCUT2D eigenvalue weighted by atomic mass is 9.53. The van der Waals surface area contributed by atoms with Crippen molar-refractivity contribution in [2.45, 2.75) is 32.6 Å². The van der Waals surface area contributed by atoms with Crippen molar-refractivity contribution in [3.05, 3.63) is 77.7 Å². The Morgan fingerprint density at radius 2 is 1.52 bits per heavy atom. The topological polar surface area (TPSA) is 91.5 Å². The molecule has 2 N–H and O–H groups in total. The van der Waals surface area contributed by atoms with Gasteiger partial charge in [-0.05, 0) is 54.2 Å². The molecule has 158 valence electrons. The molecule has 0 aliphatic heterocycles. The summed E-state index contributed by atoms with van der Waals surface area (Å²) >= 11 is 6.80. The fourth-order valence-corrected chi connectivity index (χ4v) is 5.33. The first-order valence-corrected chi connectivity index (χ1v) is 11.7. The van der Waals surface area contributed by atoms with Crippen LogP contribution in [-0.4, -0.2) is 19.9 Å². The second-order valence-electron chi connectivity index (χ2n) is 8.80. The summed E-state index contributed by atoms with van der Waals surface area (Å²) in [6, 6.07) is 11.1. The molecule has 1 aliphatic rings. The Bertz CT molecular complexity index is 1460. The number of hydrogen-bond donors (Lipinski definition) is 2. The van der Waals surface area contributed by atoms with Crippen LogP contribution in [0.3, 0.4) is 0 Å². The third-order valence-electron chi connectivity index (χ3n) is 6.64. The molecular weight excluding hydrogens is 524 g/mol. The molecule has 4 aromatic rings. The van der Waals surface area contributed by atoms with Gasteiger partial charge in [0, 0.05) is 21.3 Å². The van der Waals surface area contributed by atoms with Crippen molar-refractivity contribution in [1.29, 1.82) is 0 Å². The van der Waals surface area contributed by atoms with Gasteiger partial charge in [-0.3, -0.25) is 9.59 Å².